The van der Waals surface area contributed by atoms with Crippen molar-refractivity contribution in [1.82, 2.24) is 14.2 Å². The summed E-state index contributed by atoms with van der Waals surface area (Å²) in [6, 6.07) is 3.09. The van der Waals surface area contributed by atoms with E-state index in [1.807, 2.05) is 25.9 Å². The van der Waals surface area contributed by atoms with Crippen molar-refractivity contribution in [3.8, 4) is 0 Å². The summed E-state index contributed by atoms with van der Waals surface area (Å²) >= 11 is 0. The molecule has 20 heavy (non-hydrogen) atoms. The van der Waals surface area contributed by atoms with Gasteiger partial charge < -0.3 is 10.2 Å². The van der Waals surface area contributed by atoms with Crippen molar-refractivity contribution in [2.45, 2.75) is 18.2 Å². The van der Waals surface area contributed by atoms with Gasteiger partial charge in [-0.1, -0.05) is 6.92 Å². The summed E-state index contributed by atoms with van der Waals surface area (Å²) in [6.45, 7) is 3.71. The fourth-order valence-electron chi connectivity index (χ4n) is 1.87. The van der Waals surface area contributed by atoms with Crippen molar-refractivity contribution in [2.75, 3.05) is 46.1 Å². The fourth-order valence-corrected chi connectivity index (χ4v) is 3.37. The molecule has 0 aromatic carbocycles. The number of anilines is 1. The van der Waals surface area contributed by atoms with Crippen LogP contribution in [0.4, 0.5) is 5.82 Å². The summed E-state index contributed by atoms with van der Waals surface area (Å²) in [5, 5.41) is 2.85. The number of hydrogen-bond acceptors (Lipinski definition) is 5. The summed E-state index contributed by atoms with van der Waals surface area (Å²) in [4.78, 5) is 6.37. The molecule has 1 rings (SSSR count). The van der Waals surface area contributed by atoms with Crippen LogP contribution in [0.15, 0.2) is 23.2 Å². The monoisotopic (exact) mass is 300 g/mol. The van der Waals surface area contributed by atoms with E-state index in [0.29, 0.717) is 18.9 Å². The smallest absolute Gasteiger partial charge is 0.243 e. The zero-order valence-electron chi connectivity index (χ0n) is 12.6. The Balaban J connectivity index is 2.88. The first-order valence-corrected chi connectivity index (χ1v) is 8.14. The lowest BCUT2D eigenvalue weighted by Crippen LogP contribution is -2.33. The zero-order chi connectivity index (χ0) is 15.2. The Kier molecular flexibility index (Phi) is 6.38. The Morgan fingerprint density at radius 2 is 2.00 bits per heavy atom. The molecule has 0 fully saturated rings. The molecule has 6 nitrogen and oxygen atoms in total. The van der Waals surface area contributed by atoms with E-state index in [1.165, 1.54) is 16.6 Å². The van der Waals surface area contributed by atoms with E-state index >= 15 is 0 Å². The zero-order valence-corrected chi connectivity index (χ0v) is 13.4. The summed E-state index contributed by atoms with van der Waals surface area (Å²) in [6.07, 6.45) is 2.32. The van der Waals surface area contributed by atoms with Crippen molar-refractivity contribution in [2.24, 2.45) is 0 Å². The standard InChI is InChI=1S/C13H24N4O2S/c1-5-17(10-6-9-16(3)4)20(18,19)12-7-8-15-13(11-12)14-2/h7-8,11H,5-6,9-10H2,1-4H3,(H,14,15). The van der Waals surface area contributed by atoms with E-state index < -0.39 is 10.0 Å². The van der Waals surface area contributed by atoms with Gasteiger partial charge in [0.25, 0.3) is 0 Å². The number of pyridine rings is 1. The minimum atomic E-state index is -3.45. The van der Waals surface area contributed by atoms with Gasteiger partial charge in [0.15, 0.2) is 0 Å². The van der Waals surface area contributed by atoms with Gasteiger partial charge in [0, 0.05) is 32.4 Å². The number of hydrogen-bond donors (Lipinski definition) is 1. The van der Waals surface area contributed by atoms with Crippen LogP contribution in [0, 0.1) is 0 Å². The lowest BCUT2D eigenvalue weighted by Gasteiger charge is -2.21. The second-order valence-corrected chi connectivity index (χ2v) is 6.72. The molecule has 0 amide bonds. The molecule has 1 aromatic rings. The van der Waals surface area contributed by atoms with Gasteiger partial charge >= 0.3 is 0 Å². The van der Waals surface area contributed by atoms with Crippen LogP contribution in [0.2, 0.25) is 0 Å². The van der Waals surface area contributed by atoms with Gasteiger partial charge in [0.05, 0.1) is 4.90 Å². The van der Waals surface area contributed by atoms with Gasteiger partial charge in [-0.3, -0.25) is 0 Å². The molecule has 0 saturated carbocycles. The van der Waals surface area contributed by atoms with Crippen LogP contribution in [-0.2, 0) is 10.0 Å². The molecule has 0 aliphatic rings. The average Bonchev–Trinajstić information content (AvgIpc) is 2.43. The Morgan fingerprint density at radius 1 is 1.30 bits per heavy atom. The van der Waals surface area contributed by atoms with E-state index in [9.17, 15) is 8.42 Å². The SMILES string of the molecule is CCN(CCCN(C)C)S(=O)(=O)c1ccnc(NC)c1. The molecule has 114 valence electrons. The molecule has 0 unspecified atom stereocenters. The third-order valence-corrected chi connectivity index (χ3v) is 4.96. The van der Waals surface area contributed by atoms with E-state index in [4.69, 9.17) is 0 Å². The third-order valence-electron chi connectivity index (χ3n) is 2.99. The maximum Gasteiger partial charge on any atom is 0.243 e. The number of sulfonamides is 1. The van der Waals surface area contributed by atoms with Crippen molar-refractivity contribution in [3.63, 3.8) is 0 Å². The fraction of sp³-hybridized carbons (Fsp3) is 0.615. The minimum absolute atomic E-state index is 0.281. The van der Waals surface area contributed by atoms with Gasteiger partial charge in [0.2, 0.25) is 10.0 Å². The van der Waals surface area contributed by atoms with Crippen molar-refractivity contribution < 1.29 is 8.42 Å². The van der Waals surface area contributed by atoms with E-state index in [-0.39, 0.29) is 4.90 Å². The third kappa shape index (κ3) is 4.43. The lowest BCUT2D eigenvalue weighted by molar-refractivity contribution is 0.356. The second kappa shape index (κ2) is 7.56. The van der Waals surface area contributed by atoms with Crippen molar-refractivity contribution >= 4 is 15.8 Å². The predicted molar refractivity (Wildman–Crippen MR) is 81.4 cm³/mol. The molecular formula is C13H24N4O2S. The highest BCUT2D eigenvalue weighted by molar-refractivity contribution is 7.89. The molecule has 0 atom stereocenters. The molecular weight excluding hydrogens is 276 g/mol. The highest BCUT2D eigenvalue weighted by Crippen LogP contribution is 2.17. The number of nitrogens with zero attached hydrogens (tertiary/aromatic N) is 3. The van der Waals surface area contributed by atoms with E-state index in [0.717, 1.165) is 13.0 Å². The lowest BCUT2D eigenvalue weighted by atomic mass is 10.4. The summed E-state index contributed by atoms with van der Waals surface area (Å²) in [5.74, 6) is 0.551. The van der Waals surface area contributed by atoms with E-state index in [2.05, 4.69) is 10.3 Å². The molecule has 0 radical (unpaired) electrons. The molecule has 0 spiro atoms. The topological polar surface area (TPSA) is 65.5 Å². The second-order valence-electron chi connectivity index (χ2n) is 4.78. The molecule has 0 saturated heterocycles. The van der Waals surface area contributed by atoms with Crippen molar-refractivity contribution in [3.05, 3.63) is 18.3 Å². The van der Waals surface area contributed by atoms with Crippen LogP contribution in [-0.4, -0.2) is 63.4 Å². The van der Waals surface area contributed by atoms with Crippen LogP contribution in [0.5, 0.6) is 0 Å². The van der Waals surface area contributed by atoms with Gasteiger partial charge in [-0.15, -0.1) is 0 Å². The van der Waals surface area contributed by atoms with Crippen LogP contribution >= 0.6 is 0 Å². The first-order valence-electron chi connectivity index (χ1n) is 6.70. The Morgan fingerprint density at radius 3 is 2.55 bits per heavy atom. The Hall–Kier alpha value is -1.18. The van der Waals surface area contributed by atoms with Gasteiger partial charge in [-0.05, 0) is 33.1 Å². The quantitative estimate of drug-likeness (QED) is 0.778. The highest BCUT2D eigenvalue weighted by atomic mass is 32.2. The molecule has 7 heteroatoms. The largest absolute Gasteiger partial charge is 0.373 e. The number of aromatic nitrogens is 1. The summed E-state index contributed by atoms with van der Waals surface area (Å²) in [7, 11) is 2.23. The van der Waals surface area contributed by atoms with Crippen LogP contribution < -0.4 is 5.32 Å². The Labute approximate surface area is 121 Å². The number of rotatable bonds is 8. The molecule has 1 N–H and O–H groups in total. The predicted octanol–water partition coefficient (Wildman–Crippen LogP) is 1.09. The van der Waals surface area contributed by atoms with Crippen molar-refractivity contribution in [1.29, 1.82) is 0 Å². The maximum absolute atomic E-state index is 12.6. The molecule has 0 aliphatic heterocycles. The average molecular weight is 300 g/mol. The van der Waals surface area contributed by atoms with Gasteiger partial charge in [-0.25, -0.2) is 13.4 Å². The van der Waals surface area contributed by atoms with Gasteiger partial charge in [0.1, 0.15) is 5.82 Å². The summed E-state index contributed by atoms with van der Waals surface area (Å²) in [5.41, 5.74) is 0. The van der Waals surface area contributed by atoms with Crippen LogP contribution in [0.25, 0.3) is 0 Å². The molecule has 0 bridgehead atoms. The first-order chi connectivity index (χ1) is 9.41. The minimum Gasteiger partial charge on any atom is -0.373 e. The van der Waals surface area contributed by atoms with Gasteiger partial charge in [-0.2, -0.15) is 4.31 Å². The Bertz CT molecular complexity index is 517. The maximum atomic E-state index is 12.6. The van der Waals surface area contributed by atoms with Crippen LogP contribution in [0.3, 0.4) is 0 Å². The first kappa shape index (κ1) is 16.9. The molecule has 1 heterocycles. The molecule has 1 aromatic heterocycles. The highest BCUT2D eigenvalue weighted by Gasteiger charge is 2.23. The van der Waals surface area contributed by atoms with E-state index in [1.54, 1.807) is 13.1 Å². The normalized spacial score (nSPS) is 12.1. The number of nitrogens with one attached hydrogen (secondary N) is 1. The molecule has 0 aliphatic carbocycles. The summed E-state index contributed by atoms with van der Waals surface area (Å²) < 4.78 is 26.6. The van der Waals surface area contributed by atoms with Crippen LogP contribution in [0.1, 0.15) is 13.3 Å².